The molecule has 23 heavy (non-hydrogen) atoms. The molecule has 0 radical (unpaired) electrons. The van der Waals surface area contributed by atoms with Crippen LogP contribution in [0.1, 0.15) is 5.69 Å². The lowest BCUT2D eigenvalue weighted by Crippen LogP contribution is -2.37. The predicted octanol–water partition coefficient (Wildman–Crippen LogP) is 3.03. The van der Waals surface area contributed by atoms with E-state index < -0.39 is 0 Å². The van der Waals surface area contributed by atoms with Gasteiger partial charge in [-0.2, -0.15) is 4.98 Å². The van der Waals surface area contributed by atoms with Gasteiger partial charge >= 0.3 is 0 Å². The van der Waals surface area contributed by atoms with Crippen LogP contribution >= 0.6 is 11.6 Å². The Morgan fingerprint density at radius 2 is 2.00 bits per heavy atom. The summed E-state index contributed by atoms with van der Waals surface area (Å²) in [6, 6.07) is 7.31. The van der Waals surface area contributed by atoms with Crippen LogP contribution in [-0.2, 0) is 4.74 Å². The molecule has 1 aliphatic heterocycles. The van der Waals surface area contributed by atoms with Crippen LogP contribution in [0.2, 0.25) is 5.02 Å². The molecule has 1 N–H and O–H groups in total. The molecule has 0 unspecified atom stereocenters. The van der Waals surface area contributed by atoms with Gasteiger partial charge in [-0.1, -0.05) is 11.6 Å². The van der Waals surface area contributed by atoms with Gasteiger partial charge in [0.25, 0.3) is 0 Å². The monoisotopic (exact) mass is 334 g/mol. The first-order valence-corrected chi connectivity index (χ1v) is 7.82. The first-order valence-electron chi connectivity index (χ1n) is 7.44. The van der Waals surface area contributed by atoms with Gasteiger partial charge in [0.2, 0.25) is 5.95 Å². The van der Waals surface area contributed by atoms with Crippen LogP contribution in [0.3, 0.4) is 0 Å². The lowest BCUT2D eigenvalue weighted by molar-refractivity contribution is 0.122. The van der Waals surface area contributed by atoms with Crippen molar-refractivity contribution in [1.82, 2.24) is 9.97 Å². The topological polar surface area (TPSA) is 59.5 Å². The van der Waals surface area contributed by atoms with E-state index in [1.165, 1.54) is 0 Å². The Morgan fingerprint density at radius 3 is 2.74 bits per heavy atom. The lowest BCUT2D eigenvalue weighted by Gasteiger charge is -2.27. The largest absolute Gasteiger partial charge is 0.495 e. The number of ether oxygens (including phenoxy) is 2. The molecule has 2 heterocycles. The number of halogens is 1. The van der Waals surface area contributed by atoms with Crippen molar-refractivity contribution in [3.8, 4) is 5.75 Å². The molecule has 1 aromatic carbocycles. The number of aryl methyl sites for hydroxylation is 1. The van der Waals surface area contributed by atoms with Gasteiger partial charge < -0.3 is 19.7 Å². The van der Waals surface area contributed by atoms with Gasteiger partial charge in [0, 0.05) is 29.9 Å². The van der Waals surface area contributed by atoms with Crippen LogP contribution in [0.15, 0.2) is 24.3 Å². The highest BCUT2D eigenvalue weighted by Gasteiger charge is 2.15. The number of anilines is 3. The second-order valence-corrected chi connectivity index (χ2v) is 5.70. The molecule has 0 aliphatic carbocycles. The number of nitrogens with zero attached hydrogens (tertiary/aromatic N) is 3. The van der Waals surface area contributed by atoms with Crippen molar-refractivity contribution in [3.05, 3.63) is 35.0 Å². The summed E-state index contributed by atoms with van der Waals surface area (Å²) in [6.45, 7) is 4.93. The van der Waals surface area contributed by atoms with E-state index in [-0.39, 0.29) is 0 Å². The lowest BCUT2D eigenvalue weighted by atomic mass is 10.3. The molecule has 1 aromatic heterocycles. The fourth-order valence-electron chi connectivity index (χ4n) is 2.44. The van der Waals surface area contributed by atoms with Crippen LogP contribution in [0.4, 0.5) is 17.5 Å². The van der Waals surface area contributed by atoms with Gasteiger partial charge in [0.1, 0.15) is 11.6 Å². The van der Waals surface area contributed by atoms with E-state index in [0.29, 0.717) is 35.8 Å². The summed E-state index contributed by atoms with van der Waals surface area (Å²) in [5, 5.41) is 3.90. The zero-order valence-corrected chi connectivity index (χ0v) is 13.9. The summed E-state index contributed by atoms with van der Waals surface area (Å²) in [5.41, 5.74) is 1.66. The second kappa shape index (κ2) is 7.02. The first kappa shape index (κ1) is 15.8. The molecule has 6 nitrogen and oxygen atoms in total. The molecule has 2 aromatic rings. The van der Waals surface area contributed by atoms with Gasteiger partial charge in [0.15, 0.2) is 0 Å². The predicted molar refractivity (Wildman–Crippen MR) is 91.1 cm³/mol. The number of hydrogen-bond donors (Lipinski definition) is 1. The number of nitrogens with one attached hydrogen (secondary N) is 1. The fraction of sp³-hybridized carbons (Fsp3) is 0.375. The molecule has 0 atom stereocenters. The van der Waals surface area contributed by atoms with Crippen LogP contribution in [0, 0.1) is 6.92 Å². The molecule has 122 valence electrons. The number of benzene rings is 1. The molecule has 3 rings (SSSR count). The van der Waals surface area contributed by atoms with E-state index in [4.69, 9.17) is 21.1 Å². The molecule has 1 aliphatic rings. The van der Waals surface area contributed by atoms with Crippen molar-refractivity contribution in [2.24, 2.45) is 0 Å². The van der Waals surface area contributed by atoms with E-state index in [1.807, 2.05) is 25.1 Å². The van der Waals surface area contributed by atoms with E-state index in [0.717, 1.165) is 24.5 Å². The van der Waals surface area contributed by atoms with Crippen molar-refractivity contribution >= 4 is 29.1 Å². The molecule has 0 amide bonds. The standard InChI is InChI=1S/C16H19ClN4O2/c1-11-9-15(19-13-10-12(17)3-4-14(13)22-2)20-16(18-11)21-5-7-23-8-6-21/h3-4,9-10H,5-8H2,1-2H3,(H,18,19,20). The van der Waals surface area contributed by atoms with Gasteiger partial charge in [-0.05, 0) is 25.1 Å². The molecular weight excluding hydrogens is 316 g/mol. The quantitative estimate of drug-likeness (QED) is 0.927. The third-order valence-electron chi connectivity index (χ3n) is 3.56. The minimum absolute atomic E-state index is 0.632. The maximum atomic E-state index is 6.07. The van der Waals surface area contributed by atoms with E-state index >= 15 is 0 Å². The summed E-state index contributed by atoms with van der Waals surface area (Å²) in [4.78, 5) is 11.3. The summed E-state index contributed by atoms with van der Waals surface area (Å²) >= 11 is 6.07. The van der Waals surface area contributed by atoms with Crippen molar-refractivity contribution < 1.29 is 9.47 Å². The summed E-state index contributed by atoms with van der Waals surface area (Å²) in [6.07, 6.45) is 0. The van der Waals surface area contributed by atoms with Crippen LogP contribution < -0.4 is 15.0 Å². The summed E-state index contributed by atoms with van der Waals surface area (Å²) in [7, 11) is 1.62. The molecule has 0 bridgehead atoms. The van der Waals surface area contributed by atoms with E-state index in [1.54, 1.807) is 13.2 Å². The minimum Gasteiger partial charge on any atom is -0.495 e. The van der Waals surface area contributed by atoms with Gasteiger partial charge in [0.05, 0.1) is 26.0 Å². The second-order valence-electron chi connectivity index (χ2n) is 5.26. The minimum atomic E-state index is 0.632. The Kier molecular flexibility index (Phi) is 4.83. The molecule has 1 fully saturated rings. The smallest absolute Gasteiger partial charge is 0.227 e. The molecule has 0 saturated carbocycles. The van der Waals surface area contributed by atoms with Gasteiger partial charge in [-0.25, -0.2) is 4.98 Å². The highest BCUT2D eigenvalue weighted by Crippen LogP contribution is 2.30. The first-order chi connectivity index (χ1) is 11.2. The molecular formula is C16H19ClN4O2. The number of morpholine rings is 1. The summed E-state index contributed by atoms with van der Waals surface area (Å²) in [5.74, 6) is 2.12. The molecule has 0 spiro atoms. The Hall–Kier alpha value is -2.05. The van der Waals surface area contributed by atoms with Crippen LogP contribution in [-0.4, -0.2) is 43.4 Å². The third-order valence-corrected chi connectivity index (χ3v) is 3.80. The van der Waals surface area contributed by atoms with Crippen LogP contribution in [0.5, 0.6) is 5.75 Å². The SMILES string of the molecule is COc1ccc(Cl)cc1Nc1cc(C)nc(N2CCOCC2)n1. The summed E-state index contributed by atoms with van der Waals surface area (Å²) < 4.78 is 10.7. The van der Waals surface area contributed by atoms with Gasteiger partial charge in [-0.3, -0.25) is 0 Å². The van der Waals surface area contributed by atoms with E-state index in [9.17, 15) is 0 Å². The average Bonchev–Trinajstić information content (AvgIpc) is 2.55. The Balaban J connectivity index is 1.88. The van der Waals surface area contributed by atoms with Crippen molar-refractivity contribution in [2.75, 3.05) is 43.6 Å². The maximum absolute atomic E-state index is 6.07. The fourth-order valence-corrected chi connectivity index (χ4v) is 2.61. The highest BCUT2D eigenvalue weighted by molar-refractivity contribution is 6.31. The number of rotatable bonds is 4. The zero-order chi connectivity index (χ0) is 16.2. The highest BCUT2D eigenvalue weighted by atomic mass is 35.5. The Morgan fingerprint density at radius 1 is 1.22 bits per heavy atom. The van der Waals surface area contributed by atoms with Gasteiger partial charge in [-0.15, -0.1) is 0 Å². The van der Waals surface area contributed by atoms with E-state index in [2.05, 4.69) is 20.2 Å². The Labute approximate surface area is 140 Å². The molecule has 1 saturated heterocycles. The third kappa shape index (κ3) is 3.83. The zero-order valence-electron chi connectivity index (χ0n) is 13.2. The van der Waals surface area contributed by atoms with Crippen molar-refractivity contribution in [1.29, 1.82) is 0 Å². The Bertz CT molecular complexity index is 690. The average molecular weight is 335 g/mol. The van der Waals surface area contributed by atoms with Crippen molar-refractivity contribution in [3.63, 3.8) is 0 Å². The number of aromatic nitrogens is 2. The number of hydrogen-bond acceptors (Lipinski definition) is 6. The van der Waals surface area contributed by atoms with Crippen LogP contribution in [0.25, 0.3) is 0 Å². The maximum Gasteiger partial charge on any atom is 0.227 e. The number of methoxy groups -OCH3 is 1. The van der Waals surface area contributed by atoms with Crippen molar-refractivity contribution in [2.45, 2.75) is 6.92 Å². The normalized spacial score (nSPS) is 14.7. The molecule has 7 heteroatoms.